The number of pyridine rings is 1. The van der Waals surface area contributed by atoms with Crippen LogP contribution in [0.15, 0.2) is 42.6 Å². The fourth-order valence-corrected chi connectivity index (χ4v) is 2.57. The Labute approximate surface area is 125 Å². The number of allylic oxidation sites excluding steroid dienone is 2. The van der Waals surface area contributed by atoms with Gasteiger partial charge in [-0.2, -0.15) is 0 Å². The lowest BCUT2D eigenvalue weighted by molar-refractivity contribution is -0.384. The molecule has 0 aliphatic heterocycles. The SMILES string of the molecule is CC1C=C(C(=O)c2cc([N+](=O)[O-])ccc2F)c2cccnc21. The summed E-state index contributed by atoms with van der Waals surface area (Å²) in [6.07, 6.45) is 3.34. The highest BCUT2D eigenvalue weighted by atomic mass is 19.1. The Kier molecular flexibility index (Phi) is 3.29. The fourth-order valence-electron chi connectivity index (χ4n) is 2.57. The molecule has 0 bridgehead atoms. The molecule has 22 heavy (non-hydrogen) atoms. The summed E-state index contributed by atoms with van der Waals surface area (Å²) >= 11 is 0. The number of carbonyl (C=O) groups is 1. The van der Waals surface area contributed by atoms with Crippen LogP contribution < -0.4 is 0 Å². The van der Waals surface area contributed by atoms with Gasteiger partial charge >= 0.3 is 0 Å². The van der Waals surface area contributed by atoms with E-state index in [1.807, 2.05) is 6.92 Å². The standard InChI is InChI=1S/C16H11FN2O3/c1-9-7-12(11-3-2-6-18-15(9)11)16(20)13-8-10(19(21)22)4-5-14(13)17/h2-9H,1H3. The molecular formula is C16H11FN2O3. The summed E-state index contributed by atoms with van der Waals surface area (Å²) in [5, 5.41) is 10.8. The Morgan fingerprint density at radius 1 is 1.36 bits per heavy atom. The molecule has 1 aromatic carbocycles. The van der Waals surface area contributed by atoms with Gasteiger partial charge in [-0.05, 0) is 12.1 Å². The van der Waals surface area contributed by atoms with E-state index in [-0.39, 0.29) is 17.2 Å². The van der Waals surface area contributed by atoms with Crippen molar-refractivity contribution in [3.63, 3.8) is 0 Å². The number of rotatable bonds is 3. The van der Waals surface area contributed by atoms with Crippen LogP contribution in [-0.2, 0) is 0 Å². The lowest BCUT2D eigenvalue weighted by atomic mass is 9.99. The van der Waals surface area contributed by atoms with Gasteiger partial charge in [0.2, 0.25) is 0 Å². The van der Waals surface area contributed by atoms with Crippen LogP contribution in [0, 0.1) is 15.9 Å². The van der Waals surface area contributed by atoms with Crippen molar-refractivity contribution in [1.29, 1.82) is 0 Å². The van der Waals surface area contributed by atoms with Gasteiger partial charge in [-0.1, -0.05) is 19.1 Å². The first-order valence-electron chi connectivity index (χ1n) is 6.65. The molecular weight excluding hydrogens is 287 g/mol. The molecule has 0 saturated carbocycles. The van der Waals surface area contributed by atoms with E-state index in [1.54, 1.807) is 24.4 Å². The molecule has 1 aliphatic rings. The zero-order valence-electron chi connectivity index (χ0n) is 11.6. The monoisotopic (exact) mass is 298 g/mol. The number of halogens is 1. The predicted octanol–water partition coefficient (Wildman–Crippen LogP) is 3.51. The molecule has 1 aliphatic carbocycles. The van der Waals surface area contributed by atoms with Gasteiger partial charge in [0.1, 0.15) is 5.82 Å². The minimum Gasteiger partial charge on any atom is -0.288 e. The summed E-state index contributed by atoms with van der Waals surface area (Å²) in [5.41, 5.74) is 1.10. The number of Topliss-reactive ketones (excluding diaryl/α,β-unsaturated/α-hetero) is 1. The van der Waals surface area contributed by atoms with Crippen LogP contribution in [0.25, 0.3) is 5.57 Å². The van der Waals surface area contributed by atoms with Crippen LogP contribution in [0.2, 0.25) is 0 Å². The number of benzene rings is 1. The van der Waals surface area contributed by atoms with Gasteiger partial charge in [-0.15, -0.1) is 0 Å². The molecule has 1 unspecified atom stereocenters. The molecule has 0 saturated heterocycles. The van der Waals surface area contributed by atoms with Crippen LogP contribution in [-0.4, -0.2) is 15.7 Å². The largest absolute Gasteiger partial charge is 0.288 e. The number of aromatic nitrogens is 1. The van der Waals surface area contributed by atoms with Crippen molar-refractivity contribution in [2.75, 3.05) is 0 Å². The Bertz CT molecular complexity index is 830. The maximum absolute atomic E-state index is 13.9. The van der Waals surface area contributed by atoms with E-state index in [1.165, 1.54) is 0 Å². The second-order valence-electron chi connectivity index (χ2n) is 5.06. The van der Waals surface area contributed by atoms with Crippen molar-refractivity contribution in [2.45, 2.75) is 12.8 Å². The third-order valence-electron chi connectivity index (χ3n) is 3.63. The summed E-state index contributed by atoms with van der Waals surface area (Å²) in [4.78, 5) is 27.0. The first kappa shape index (κ1) is 14.1. The number of non-ortho nitro benzene ring substituents is 1. The number of hydrogen-bond acceptors (Lipinski definition) is 4. The first-order valence-corrected chi connectivity index (χ1v) is 6.65. The van der Waals surface area contributed by atoms with Crippen molar-refractivity contribution < 1.29 is 14.1 Å². The second kappa shape index (κ2) is 5.14. The van der Waals surface area contributed by atoms with Gasteiger partial charge in [-0.25, -0.2) is 4.39 Å². The average molecular weight is 298 g/mol. The molecule has 0 fully saturated rings. The van der Waals surface area contributed by atoms with Crippen LogP contribution in [0.3, 0.4) is 0 Å². The number of hydrogen-bond donors (Lipinski definition) is 0. The highest BCUT2D eigenvalue weighted by Gasteiger charge is 2.28. The van der Waals surface area contributed by atoms with Gasteiger partial charge in [-0.3, -0.25) is 19.9 Å². The molecule has 2 aromatic rings. The lowest BCUT2D eigenvalue weighted by Gasteiger charge is -2.06. The van der Waals surface area contributed by atoms with E-state index in [2.05, 4.69) is 4.98 Å². The van der Waals surface area contributed by atoms with Crippen molar-refractivity contribution in [2.24, 2.45) is 0 Å². The number of carbonyl (C=O) groups excluding carboxylic acids is 1. The third-order valence-corrected chi connectivity index (χ3v) is 3.63. The molecule has 1 atom stereocenters. The summed E-state index contributed by atoms with van der Waals surface area (Å²) in [6.45, 7) is 1.88. The van der Waals surface area contributed by atoms with Crippen molar-refractivity contribution in [3.8, 4) is 0 Å². The topological polar surface area (TPSA) is 73.1 Å². The van der Waals surface area contributed by atoms with E-state index in [4.69, 9.17) is 0 Å². The van der Waals surface area contributed by atoms with E-state index >= 15 is 0 Å². The zero-order valence-corrected chi connectivity index (χ0v) is 11.6. The molecule has 5 nitrogen and oxygen atoms in total. The number of fused-ring (bicyclic) bond motifs is 1. The van der Waals surface area contributed by atoms with E-state index in [0.29, 0.717) is 11.1 Å². The number of nitro benzene ring substituents is 1. The van der Waals surface area contributed by atoms with E-state index < -0.39 is 16.5 Å². The molecule has 110 valence electrons. The summed E-state index contributed by atoms with van der Waals surface area (Å²) in [7, 11) is 0. The highest BCUT2D eigenvalue weighted by Crippen LogP contribution is 2.36. The number of nitro groups is 1. The summed E-state index contributed by atoms with van der Waals surface area (Å²) in [5.74, 6) is -1.40. The maximum atomic E-state index is 13.9. The summed E-state index contributed by atoms with van der Waals surface area (Å²) < 4.78 is 13.9. The maximum Gasteiger partial charge on any atom is 0.270 e. The number of nitrogens with zero attached hydrogens (tertiary/aromatic N) is 2. The van der Waals surface area contributed by atoms with Gasteiger partial charge < -0.3 is 0 Å². The highest BCUT2D eigenvalue weighted by molar-refractivity contribution is 6.30. The van der Waals surface area contributed by atoms with Crippen LogP contribution >= 0.6 is 0 Å². The van der Waals surface area contributed by atoms with Crippen molar-refractivity contribution in [1.82, 2.24) is 4.98 Å². The Morgan fingerprint density at radius 3 is 2.86 bits per heavy atom. The van der Waals surface area contributed by atoms with Crippen LogP contribution in [0.1, 0.15) is 34.5 Å². The van der Waals surface area contributed by atoms with Gasteiger partial charge in [0.05, 0.1) is 16.2 Å². The molecule has 1 heterocycles. The average Bonchev–Trinajstić information content (AvgIpc) is 2.84. The Balaban J connectivity index is 2.08. The molecule has 0 amide bonds. The molecule has 0 N–H and O–H groups in total. The van der Waals surface area contributed by atoms with Crippen molar-refractivity contribution >= 4 is 17.0 Å². The quantitative estimate of drug-likeness (QED) is 0.494. The van der Waals surface area contributed by atoms with E-state index in [9.17, 15) is 19.3 Å². The number of ketones is 1. The minimum atomic E-state index is -0.776. The smallest absolute Gasteiger partial charge is 0.270 e. The Morgan fingerprint density at radius 2 is 2.14 bits per heavy atom. The molecule has 0 radical (unpaired) electrons. The van der Waals surface area contributed by atoms with Gasteiger partial charge in [0.25, 0.3) is 5.69 Å². The lowest BCUT2D eigenvalue weighted by Crippen LogP contribution is -2.06. The van der Waals surface area contributed by atoms with Crippen LogP contribution in [0.4, 0.5) is 10.1 Å². The first-order chi connectivity index (χ1) is 10.5. The van der Waals surface area contributed by atoms with Gasteiger partial charge in [0.15, 0.2) is 5.78 Å². The predicted molar refractivity (Wildman–Crippen MR) is 78.0 cm³/mol. The Hall–Kier alpha value is -2.89. The van der Waals surface area contributed by atoms with Gasteiger partial charge in [0, 0.05) is 35.4 Å². The molecule has 0 spiro atoms. The molecule has 1 aromatic heterocycles. The normalized spacial score (nSPS) is 16.1. The zero-order chi connectivity index (χ0) is 15.9. The van der Waals surface area contributed by atoms with E-state index in [0.717, 1.165) is 23.9 Å². The van der Waals surface area contributed by atoms with Crippen LogP contribution in [0.5, 0.6) is 0 Å². The minimum absolute atomic E-state index is 0.0584. The van der Waals surface area contributed by atoms with Crippen molar-refractivity contribution in [3.05, 3.63) is 75.4 Å². The second-order valence-corrected chi connectivity index (χ2v) is 5.06. The fraction of sp³-hybridized carbons (Fsp3) is 0.125. The molecule has 3 rings (SSSR count). The molecule has 6 heteroatoms. The third kappa shape index (κ3) is 2.18. The summed E-state index contributed by atoms with van der Waals surface area (Å²) in [6, 6.07) is 6.38.